The fraction of sp³-hybridized carbons (Fsp3) is 0.333. The standard InChI is InChI=1S/C18H20N4O5S/c1-25-15-4-2-3-14(11-15)13-27-22-18-12-16(5-6-17(18)19-20-22)28(23,24)21-7-9-26-10-8-21/h2-6,11-12H,7-10,13H2,1H3. The molecule has 0 spiro atoms. The number of ether oxygens (including phenoxy) is 2. The SMILES string of the molecule is COc1cccc(COn2nnc3ccc(S(=O)(=O)N4CCOCC4)cc32)c1. The number of nitrogens with zero attached hydrogens (tertiary/aromatic N) is 4. The Labute approximate surface area is 162 Å². The molecule has 0 N–H and O–H groups in total. The minimum Gasteiger partial charge on any atom is -0.497 e. The molecule has 0 aliphatic carbocycles. The van der Waals surface area contributed by atoms with E-state index in [9.17, 15) is 8.42 Å². The molecule has 0 amide bonds. The van der Waals surface area contributed by atoms with Gasteiger partial charge in [-0.1, -0.05) is 17.0 Å². The topological polar surface area (TPSA) is 95.8 Å². The number of hydrogen-bond donors (Lipinski definition) is 0. The second kappa shape index (κ2) is 7.74. The van der Waals surface area contributed by atoms with Crippen LogP contribution in [0.2, 0.25) is 0 Å². The first-order valence-electron chi connectivity index (χ1n) is 8.77. The molecular formula is C18H20N4O5S. The van der Waals surface area contributed by atoms with Crippen molar-refractivity contribution in [3.8, 4) is 5.75 Å². The van der Waals surface area contributed by atoms with Crippen LogP contribution in [-0.4, -0.2) is 61.3 Å². The van der Waals surface area contributed by atoms with E-state index in [0.717, 1.165) is 11.3 Å². The van der Waals surface area contributed by atoms with Crippen molar-refractivity contribution in [2.75, 3.05) is 33.4 Å². The molecule has 0 unspecified atom stereocenters. The van der Waals surface area contributed by atoms with Gasteiger partial charge >= 0.3 is 0 Å². The zero-order valence-corrected chi connectivity index (χ0v) is 16.1. The van der Waals surface area contributed by atoms with Crippen LogP contribution in [0, 0.1) is 0 Å². The van der Waals surface area contributed by atoms with Crippen LogP contribution in [0.15, 0.2) is 47.4 Å². The Bertz CT molecular complexity index is 1080. The lowest BCUT2D eigenvalue weighted by molar-refractivity contribution is 0.0729. The van der Waals surface area contributed by atoms with Gasteiger partial charge in [-0.3, -0.25) is 0 Å². The van der Waals surface area contributed by atoms with E-state index in [-0.39, 0.29) is 11.5 Å². The van der Waals surface area contributed by atoms with Gasteiger partial charge in [-0.05, 0) is 41.1 Å². The van der Waals surface area contributed by atoms with Gasteiger partial charge in [0.15, 0.2) is 0 Å². The lowest BCUT2D eigenvalue weighted by Gasteiger charge is -2.26. The summed E-state index contributed by atoms with van der Waals surface area (Å²) in [5.41, 5.74) is 1.92. The normalized spacial score (nSPS) is 15.6. The average Bonchev–Trinajstić information content (AvgIpc) is 3.15. The minimum absolute atomic E-state index is 0.176. The van der Waals surface area contributed by atoms with Gasteiger partial charge in [0.05, 0.1) is 25.2 Å². The highest BCUT2D eigenvalue weighted by Crippen LogP contribution is 2.21. The first-order valence-corrected chi connectivity index (χ1v) is 10.2. The maximum atomic E-state index is 12.9. The van der Waals surface area contributed by atoms with Gasteiger partial charge in [-0.25, -0.2) is 8.42 Å². The Hall–Kier alpha value is -2.69. The van der Waals surface area contributed by atoms with E-state index in [0.29, 0.717) is 37.3 Å². The lowest BCUT2D eigenvalue weighted by atomic mass is 10.2. The monoisotopic (exact) mass is 404 g/mol. The summed E-state index contributed by atoms with van der Waals surface area (Å²) < 4.78 is 37.6. The van der Waals surface area contributed by atoms with Crippen molar-refractivity contribution in [2.24, 2.45) is 0 Å². The predicted octanol–water partition coefficient (Wildman–Crippen LogP) is 1.09. The van der Waals surface area contributed by atoms with Crippen molar-refractivity contribution in [1.29, 1.82) is 0 Å². The summed E-state index contributed by atoms with van der Waals surface area (Å²) in [7, 11) is -2.01. The number of methoxy groups -OCH3 is 1. The van der Waals surface area contributed by atoms with Gasteiger partial charge in [-0.15, -0.1) is 5.10 Å². The second-order valence-electron chi connectivity index (χ2n) is 6.25. The van der Waals surface area contributed by atoms with Gasteiger partial charge in [-0.2, -0.15) is 4.31 Å². The van der Waals surface area contributed by atoms with Gasteiger partial charge in [0.25, 0.3) is 0 Å². The molecule has 0 atom stereocenters. The van der Waals surface area contributed by atoms with Crippen molar-refractivity contribution < 1.29 is 22.7 Å². The van der Waals surface area contributed by atoms with E-state index in [1.54, 1.807) is 13.2 Å². The molecule has 3 aromatic rings. The van der Waals surface area contributed by atoms with Crippen molar-refractivity contribution in [3.05, 3.63) is 48.0 Å². The van der Waals surface area contributed by atoms with Crippen LogP contribution in [-0.2, 0) is 21.4 Å². The van der Waals surface area contributed by atoms with E-state index in [1.807, 2.05) is 24.3 Å². The minimum atomic E-state index is -3.61. The summed E-state index contributed by atoms with van der Waals surface area (Å²) in [4.78, 5) is 7.14. The van der Waals surface area contributed by atoms with Crippen molar-refractivity contribution in [3.63, 3.8) is 0 Å². The second-order valence-corrected chi connectivity index (χ2v) is 8.19. The quantitative estimate of drug-likeness (QED) is 0.607. The van der Waals surface area contributed by atoms with Crippen LogP contribution in [0.3, 0.4) is 0 Å². The highest BCUT2D eigenvalue weighted by Gasteiger charge is 2.27. The Morgan fingerprint density at radius 3 is 2.75 bits per heavy atom. The molecule has 1 saturated heterocycles. The highest BCUT2D eigenvalue weighted by molar-refractivity contribution is 7.89. The lowest BCUT2D eigenvalue weighted by Crippen LogP contribution is -2.40. The van der Waals surface area contributed by atoms with Crippen molar-refractivity contribution in [1.82, 2.24) is 19.5 Å². The fourth-order valence-corrected chi connectivity index (χ4v) is 4.40. The van der Waals surface area contributed by atoms with Crippen LogP contribution in [0.4, 0.5) is 0 Å². The van der Waals surface area contributed by atoms with E-state index < -0.39 is 10.0 Å². The van der Waals surface area contributed by atoms with Gasteiger partial charge in [0, 0.05) is 13.1 Å². The summed E-state index contributed by atoms with van der Waals surface area (Å²) in [6.45, 7) is 1.69. The molecule has 2 heterocycles. The molecule has 4 rings (SSSR count). The molecule has 0 radical (unpaired) electrons. The molecule has 0 saturated carbocycles. The van der Waals surface area contributed by atoms with E-state index in [4.69, 9.17) is 14.3 Å². The molecule has 1 aliphatic heterocycles. The van der Waals surface area contributed by atoms with Gasteiger partial charge in [0.2, 0.25) is 10.0 Å². The number of sulfonamides is 1. The van der Waals surface area contributed by atoms with Crippen LogP contribution < -0.4 is 9.57 Å². The number of fused-ring (bicyclic) bond motifs is 1. The molecule has 1 aliphatic rings. The van der Waals surface area contributed by atoms with E-state index in [2.05, 4.69) is 10.3 Å². The van der Waals surface area contributed by atoms with Crippen LogP contribution in [0.5, 0.6) is 5.75 Å². The Morgan fingerprint density at radius 2 is 1.96 bits per heavy atom. The Morgan fingerprint density at radius 1 is 1.14 bits per heavy atom. The smallest absolute Gasteiger partial charge is 0.243 e. The van der Waals surface area contributed by atoms with Gasteiger partial charge < -0.3 is 14.3 Å². The van der Waals surface area contributed by atoms with Crippen LogP contribution >= 0.6 is 0 Å². The molecule has 9 nitrogen and oxygen atoms in total. The summed E-state index contributed by atoms with van der Waals surface area (Å²) in [6, 6.07) is 12.2. The predicted molar refractivity (Wildman–Crippen MR) is 100 cm³/mol. The number of aromatic nitrogens is 3. The molecule has 1 fully saturated rings. The third kappa shape index (κ3) is 3.66. The molecule has 2 aromatic carbocycles. The first-order chi connectivity index (χ1) is 13.6. The zero-order valence-electron chi connectivity index (χ0n) is 15.3. The Kier molecular flexibility index (Phi) is 5.16. The number of morpholine rings is 1. The van der Waals surface area contributed by atoms with Crippen LogP contribution in [0.25, 0.3) is 11.0 Å². The molecule has 10 heteroatoms. The molecular weight excluding hydrogens is 384 g/mol. The maximum absolute atomic E-state index is 12.9. The Balaban J connectivity index is 1.59. The van der Waals surface area contributed by atoms with Crippen molar-refractivity contribution >= 4 is 21.1 Å². The fourth-order valence-electron chi connectivity index (χ4n) is 2.97. The number of hydrogen-bond acceptors (Lipinski definition) is 7. The molecule has 148 valence electrons. The molecule has 28 heavy (non-hydrogen) atoms. The molecule has 0 bridgehead atoms. The largest absolute Gasteiger partial charge is 0.497 e. The third-order valence-corrected chi connectivity index (χ3v) is 6.38. The number of benzene rings is 2. The zero-order chi connectivity index (χ0) is 19.6. The van der Waals surface area contributed by atoms with Crippen LogP contribution in [0.1, 0.15) is 5.56 Å². The summed E-state index contributed by atoms with van der Waals surface area (Å²) in [5, 5.41) is 8.01. The van der Waals surface area contributed by atoms with E-state index >= 15 is 0 Å². The van der Waals surface area contributed by atoms with Crippen molar-refractivity contribution in [2.45, 2.75) is 11.5 Å². The first kappa shape index (κ1) is 18.7. The summed E-state index contributed by atoms with van der Waals surface area (Å²) in [6.07, 6.45) is 0. The molecule has 1 aromatic heterocycles. The average molecular weight is 404 g/mol. The summed E-state index contributed by atoms with van der Waals surface area (Å²) in [5.74, 6) is 0.725. The number of rotatable bonds is 6. The summed E-state index contributed by atoms with van der Waals surface area (Å²) >= 11 is 0. The van der Waals surface area contributed by atoms with Gasteiger partial charge in [0.1, 0.15) is 23.4 Å². The highest BCUT2D eigenvalue weighted by atomic mass is 32.2. The van der Waals surface area contributed by atoms with E-state index in [1.165, 1.54) is 21.3 Å². The third-order valence-electron chi connectivity index (χ3n) is 4.48. The maximum Gasteiger partial charge on any atom is 0.243 e.